The Morgan fingerprint density at radius 2 is 2.12 bits per heavy atom. The Hall–Kier alpha value is -1.78. The molecular formula is C21H26N2O2. The second-order valence-electron chi connectivity index (χ2n) is 7.74. The van der Waals surface area contributed by atoms with Gasteiger partial charge in [0.25, 0.3) is 0 Å². The summed E-state index contributed by atoms with van der Waals surface area (Å²) in [6.45, 7) is 4.13. The van der Waals surface area contributed by atoms with Gasteiger partial charge in [0.05, 0.1) is 17.8 Å². The lowest BCUT2D eigenvalue weighted by Gasteiger charge is -2.51. The summed E-state index contributed by atoms with van der Waals surface area (Å²) in [7, 11) is 4.04. The van der Waals surface area contributed by atoms with Crippen molar-refractivity contribution in [2.24, 2.45) is 11.8 Å². The number of hydrogen-bond acceptors (Lipinski definition) is 3. The van der Waals surface area contributed by atoms with E-state index in [4.69, 9.17) is 9.57 Å². The van der Waals surface area contributed by atoms with Crippen molar-refractivity contribution in [2.45, 2.75) is 31.9 Å². The molecule has 1 aromatic carbocycles. The molecule has 4 aliphatic rings. The fourth-order valence-electron chi connectivity index (χ4n) is 5.52. The number of piperidine rings is 1. The third-order valence-corrected chi connectivity index (χ3v) is 6.69. The van der Waals surface area contributed by atoms with Crippen molar-refractivity contribution >= 4 is 10.9 Å². The molecule has 4 heterocycles. The second kappa shape index (κ2) is 5.61. The van der Waals surface area contributed by atoms with Gasteiger partial charge in [0, 0.05) is 23.9 Å². The molecule has 1 aliphatic carbocycles. The molecule has 0 amide bonds. The number of likely N-dealkylation sites (N-methyl/N-ethyl adjacent to an activating group) is 1. The summed E-state index contributed by atoms with van der Waals surface area (Å²) in [5, 5.41) is 1.32. The van der Waals surface area contributed by atoms with Crippen molar-refractivity contribution in [1.82, 2.24) is 9.63 Å². The van der Waals surface area contributed by atoms with Crippen molar-refractivity contribution in [2.75, 3.05) is 27.3 Å². The average Bonchev–Trinajstić information content (AvgIpc) is 2.94. The van der Waals surface area contributed by atoms with E-state index in [1.165, 1.54) is 16.6 Å². The first-order valence-electron chi connectivity index (χ1n) is 9.36. The van der Waals surface area contributed by atoms with Crippen LogP contribution < -0.4 is 4.84 Å². The summed E-state index contributed by atoms with van der Waals surface area (Å²) >= 11 is 0. The molecule has 4 unspecified atom stereocenters. The predicted molar refractivity (Wildman–Crippen MR) is 98.6 cm³/mol. The van der Waals surface area contributed by atoms with Crippen LogP contribution in [-0.2, 0) is 11.2 Å². The molecule has 2 saturated heterocycles. The van der Waals surface area contributed by atoms with Gasteiger partial charge in [-0.3, -0.25) is 4.90 Å². The number of allylic oxidation sites excluding steroid dienone is 1. The van der Waals surface area contributed by atoms with Crippen molar-refractivity contribution < 1.29 is 9.57 Å². The van der Waals surface area contributed by atoms with Crippen LogP contribution in [0.1, 0.15) is 30.7 Å². The lowest BCUT2D eigenvalue weighted by atomic mass is 9.69. The van der Waals surface area contributed by atoms with Crippen molar-refractivity contribution in [3.05, 3.63) is 47.2 Å². The molecule has 4 bridgehead atoms. The zero-order valence-electron chi connectivity index (χ0n) is 15.2. The van der Waals surface area contributed by atoms with Gasteiger partial charge in [-0.1, -0.05) is 29.8 Å². The first-order valence-corrected chi connectivity index (χ1v) is 9.36. The van der Waals surface area contributed by atoms with Gasteiger partial charge in [0.2, 0.25) is 0 Å². The SMILES string of the molecule is CC=C1CN(C)C2Cc3c(n(OC)c4ccccc34)C3CC1C2CO3. The van der Waals surface area contributed by atoms with E-state index in [0.717, 1.165) is 31.5 Å². The fourth-order valence-corrected chi connectivity index (χ4v) is 5.52. The third kappa shape index (κ3) is 2.07. The molecule has 6 rings (SSSR count). The number of nitrogens with zero attached hydrogens (tertiary/aromatic N) is 2. The topological polar surface area (TPSA) is 26.6 Å². The smallest absolute Gasteiger partial charge is 0.104 e. The second-order valence-corrected chi connectivity index (χ2v) is 7.74. The van der Waals surface area contributed by atoms with Crippen LogP contribution in [0.25, 0.3) is 10.9 Å². The van der Waals surface area contributed by atoms with E-state index in [0.29, 0.717) is 17.9 Å². The van der Waals surface area contributed by atoms with E-state index < -0.39 is 0 Å². The van der Waals surface area contributed by atoms with Gasteiger partial charge in [-0.15, -0.1) is 0 Å². The van der Waals surface area contributed by atoms with E-state index in [9.17, 15) is 0 Å². The molecule has 4 nitrogen and oxygen atoms in total. The molecular weight excluding hydrogens is 312 g/mol. The molecule has 4 heteroatoms. The molecule has 0 N–H and O–H groups in total. The Bertz CT molecular complexity index is 853. The van der Waals surface area contributed by atoms with Crippen molar-refractivity contribution in [3.8, 4) is 0 Å². The van der Waals surface area contributed by atoms with Gasteiger partial charge in [0.1, 0.15) is 13.2 Å². The minimum atomic E-state index is 0.128. The summed E-state index contributed by atoms with van der Waals surface area (Å²) < 4.78 is 8.42. The number of ether oxygens (including phenoxy) is 1. The van der Waals surface area contributed by atoms with E-state index in [-0.39, 0.29) is 6.10 Å². The molecule has 2 aromatic rings. The molecule has 132 valence electrons. The van der Waals surface area contributed by atoms with Crippen LogP contribution >= 0.6 is 0 Å². The first kappa shape index (κ1) is 15.5. The maximum atomic E-state index is 6.40. The van der Waals surface area contributed by atoms with Crippen LogP contribution in [-0.4, -0.2) is 43.0 Å². The van der Waals surface area contributed by atoms with Crippen LogP contribution in [0.3, 0.4) is 0 Å². The summed E-state index contributed by atoms with van der Waals surface area (Å²) in [6.07, 6.45) is 4.62. The molecule has 0 radical (unpaired) electrons. The Morgan fingerprint density at radius 1 is 1.28 bits per heavy atom. The third-order valence-electron chi connectivity index (χ3n) is 6.69. The predicted octanol–water partition coefficient (Wildman–Crippen LogP) is 3.21. The number of likely N-dealkylation sites (tertiary alicyclic amines) is 1. The molecule has 25 heavy (non-hydrogen) atoms. The standard InChI is InChI=1S/C21H26N2O2/c1-4-13-11-22(2)19-9-16-14-7-5-6-8-18(14)23(24-3)21(16)20-10-15(13)17(19)12-25-20/h4-8,15,17,19-20H,9-12H2,1-3H3. The van der Waals surface area contributed by atoms with E-state index >= 15 is 0 Å². The molecule has 0 spiro atoms. The zero-order valence-corrected chi connectivity index (χ0v) is 15.2. The highest BCUT2D eigenvalue weighted by molar-refractivity contribution is 5.85. The van der Waals surface area contributed by atoms with Crippen LogP contribution in [0.5, 0.6) is 0 Å². The Morgan fingerprint density at radius 3 is 2.92 bits per heavy atom. The molecule has 1 aromatic heterocycles. The lowest BCUT2D eigenvalue weighted by molar-refractivity contribution is -0.0887. The van der Waals surface area contributed by atoms with Crippen molar-refractivity contribution in [1.29, 1.82) is 0 Å². The number of fused-ring (bicyclic) bond motifs is 2. The maximum absolute atomic E-state index is 6.40. The number of benzene rings is 1. The highest BCUT2D eigenvalue weighted by atomic mass is 16.6. The highest BCUT2D eigenvalue weighted by Crippen LogP contribution is 2.49. The van der Waals surface area contributed by atoms with Gasteiger partial charge in [-0.25, -0.2) is 0 Å². The van der Waals surface area contributed by atoms with Gasteiger partial charge in [-0.2, -0.15) is 4.73 Å². The quantitative estimate of drug-likeness (QED) is 0.747. The summed E-state index contributed by atoms with van der Waals surface area (Å²) in [5.41, 5.74) is 5.40. The van der Waals surface area contributed by atoms with E-state index in [1.54, 1.807) is 12.7 Å². The van der Waals surface area contributed by atoms with E-state index in [2.05, 4.69) is 49.2 Å². The lowest BCUT2D eigenvalue weighted by Crippen LogP contribution is -2.54. The molecule has 2 fully saturated rings. The monoisotopic (exact) mass is 338 g/mol. The Kier molecular flexibility index (Phi) is 3.47. The Balaban J connectivity index is 1.75. The maximum Gasteiger partial charge on any atom is 0.104 e. The van der Waals surface area contributed by atoms with Crippen LogP contribution in [0, 0.1) is 11.8 Å². The minimum absolute atomic E-state index is 0.128. The fraction of sp³-hybridized carbons (Fsp3) is 0.524. The normalized spacial score (nSPS) is 33.3. The number of para-hydroxylation sites is 1. The first-order chi connectivity index (χ1) is 12.2. The minimum Gasteiger partial charge on any atom is -0.417 e. The summed E-state index contributed by atoms with van der Waals surface area (Å²) in [5.74, 6) is 1.24. The number of rotatable bonds is 1. The van der Waals surface area contributed by atoms with Gasteiger partial charge < -0.3 is 9.57 Å². The number of aromatic nitrogens is 1. The van der Waals surface area contributed by atoms with Gasteiger partial charge >= 0.3 is 0 Å². The van der Waals surface area contributed by atoms with Gasteiger partial charge in [0.15, 0.2) is 0 Å². The highest BCUT2D eigenvalue weighted by Gasteiger charge is 2.47. The number of hydrogen-bond donors (Lipinski definition) is 0. The van der Waals surface area contributed by atoms with Crippen LogP contribution in [0.15, 0.2) is 35.9 Å². The summed E-state index contributed by atoms with van der Waals surface area (Å²) in [4.78, 5) is 8.36. The average molecular weight is 338 g/mol. The molecule has 4 atom stereocenters. The van der Waals surface area contributed by atoms with E-state index in [1.807, 2.05) is 4.73 Å². The largest absolute Gasteiger partial charge is 0.417 e. The van der Waals surface area contributed by atoms with Crippen LogP contribution in [0.4, 0.5) is 0 Å². The molecule has 0 saturated carbocycles. The summed E-state index contributed by atoms with van der Waals surface area (Å²) in [6, 6.07) is 9.14. The zero-order chi connectivity index (χ0) is 17.1. The molecule has 3 aliphatic heterocycles. The van der Waals surface area contributed by atoms with Crippen LogP contribution in [0.2, 0.25) is 0 Å². The van der Waals surface area contributed by atoms with Gasteiger partial charge in [-0.05, 0) is 44.4 Å². The van der Waals surface area contributed by atoms with Crippen molar-refractivity contribution in [3.63, 3.8) is 0 Å². The Labute approximate surface area is 149 Å².